The Bertz CT molecular complexity index is 1090. The number of hydrazone groups is 1. The molecule has 1 aliphatic rings. The molecule has 31 heavy (non-hydrogen) atoms. The SMILES string of the molecule is CC1=NN(C(=O)CC(=O)Nc2ccc(C)cc2)C(=O)[C@@H]1N=Nc1ccc(C(=O)O)cc1. The molecule has 2 aromatic carbocycles. The number of aromatic carboxylic acids is 1. The highest BCUT2D eigenvalue weighted by molar-refractivity contribution is 6.18. The van der Waals surface area contributed by atoms with Gasteiger partial charge in [0.05, 0.1) is 17.0 Å². The molecule has 1 heterocycles. The molecule has 0 fully saturated rings. The Balaban J connectivity index is 1.61. The van der Waals surface area contributed by atoms with E-state index >= 15 is 0 Å². The smallest absolute Gasteiger partial charge is 0.335 e. The molecule has 0 aliphatic carbocycles. The third-order valence-electron chi connectivity index (χ3n) is 4.38. The molecule has 0 saturated carbocycles. The van der Waals surface area contributed by atoms with E-state index in [1.54, 1.807) is 12.1 Å². The van der Waals surface area contributed by atoms with Crippen molar-refractivity contribution in [3.63, 3.8) is 0 Å². The fourth-order valence-electron chi connectivity index (χ4n) is 2.72. The number of azo groups is 1. The van der Waals surface area contributed by atoms with E-state index in [1.807, 2.05) is 19.1 Å². The molecule has 158 valence electrons. The molecule has 3 amide bonds. The molecule has 10 nitrogen and oxygen atoms in total. The molecule has 2 aromatic rings. The van der Waals surface area contributed by atoms with Gasteiger partial charge in [-0.05, 0) is 50.2 Å². The van der Waals surface area contributed by atoms with Gasteiger partial charge in [0.25, 0.3) is 11.8 Å². The van der Waals surface area contributed by atoms with Crippen molar-refractivity contribution in [2.75, 3.05) is 5.32 Å². The molecule has 2 N–H and O–H groups in total. The largest absolute Gasteiger partial charge is 0.478 e. The van der Waals surface area contributed by atoms with Crippen LogP contribution >= 0.6 is 0 Å². The van der Waals surface area contributed by atoms with Gasteiger partial charge in [-0.1, -0.05) is 17.7 Å². The number of carboxylic acids is 1. The second kappa shape index (κ2) is 9.08. The van der Waals surface area contributed by atoms with Crippen LogP contribution in [0.15, 0.2) is 63.9 Å². The van der Waals surface area contributed by atoms with E-state index in [0.29, 0.717) is 16.4 Å². The molecule has 0 spiro atoms. The van der Waals surface area contributed by atoms with Gasteiger partial charge in [-0.3, -0.25) is 14.4 Å². The number of carbonyl (C=O) groups excluding carboxylic acids is 3. The number of imide groups is 1. The van der Waals surface area contributed by atoms with Crippen LogP contribution in [0.4, 0.5) is 11.4 Å². The number of amides is 3. The molecule has 3 rings (SSSR count). The van der Waals surface area contributed by atoms with E-state index < -0.39 is 36.2 Å². The second-order valence-electron chi connectivity index (χ2n) is 6.85. The molecule has 10 heteroatoms. The Morgan fingerprint density at radius 3 is 2.32 bits per heavy atom. The van der Waals surface area contributed by atoms with Crippen LogP contribution in [0.3, 0.4) is 0 Å². The topological polar surface area (TPSA) is 141 Å². The normalized spacial score (nSPS) is 15.8. The number of nitrogens with one attached hydrogen (secondary N) is 1. The Kier molecular flexibility index (Phi) is 6.29. The number of hydrogen-bond donors (Lipinski definition) is 2. The lowest BCUT2D eigenvalue weighted by atomic mass is 10.2. The van der Waals surface area contributed by atoms with Crippen LogP contribution in [0.25, 0.3) is 0 Å². The molecule has 0 unspecified atom stereocenters. The first kappa shape index (κ1) is 21.5. The summed E-state index contributed by atoms with van der Waals surface area (Å²) in [4.78, 5) is 47.9. The summed E-state index contributed by atoms with van der Waals surface area (Å²) in [6.07, 6.45) is -0.559. The van der Waals surface area contributed by atoms with Gasteiger partial charge in [-0.2, -0.15) is 20.3 Å². The highest BCUT2D eigenvalue weighted by Gasteiger charge is 2.38. The molecule has 0 radical (unpaired) electrons. The number of nitrogens with zero attached hydrogens (tertiary/aromatic N) is 4. The van der Waals surface area contributed by atoms with Crippen LogP contribution in [-0.4, -0.2) is 45.6 Å². The van der Waals surface area contributed by atoms with Crippen molar-refractivity contribution in [2.24, 2.45) is 15.3 Å². The molecular weight excluding hydrogens is 402 g/mol. The Morgan fingerprint density at radius 2 is 1.71 bits per heavy atom. The summed E-state index contributed by atoms with van der Waals surface area (Å²) in [6, 6.07) is 11.6. The predicted molar refractivity (Wildman–Crippen MR) is 111 cm³/mol. The maximum absolute atomic E-state index is 12.5. The molecule has 0 bridgehead atoms. The summed E-state index contributed by atoms with van der Waals surface area (Å²) in [5.41, 5.74) is 2.25. The second-order valence-corrected chi connectivity index (χ2v) is 6.85. The van der Waals surface area contributed by atoms with Gasteiger partial charge < -0.3 is 10.4 Å². The average molecular weight is 421 g/mol. The monoisotopic (exact) mass is 421 g/mol. The average Bonchev–Trinajstić information content (AvgIpc) is 3.02. The van der Waals surface area contributed by atoms with Crippen LogP contribution in [0.2, 0.25) is 0 Å². The molecule has 0 aromatic heterocycles. The van der Waals surface area contributed by atoms with Crippen LogP contribution in [0, 0.1) is 6.92 Å². The quantitative estimate of drug-likeness (QED) is 0.545. The van der Waals surface area contributed by atoms with Crippen molar-refractivity contribution in [1.82, 2.24) is 5.01 Å². The van der Waals surface area contributed by atoms with E-state index in [0.717, 1.165) is 5.56 Å². The van der Waals surface area contributed by atoms with Crippen LogP contribution in [0.1, 0.15) is 29.3 Å². The molecular formula is C21H19N5O5. The maximum Gasteiger partial charge on any atom is 0.335 e. The summed E-state index contributed by atoms with van der Waals surface area (Å²) < 4.78 is 0. The van der Waals surface area contributed by atoms with Gasteiger partial charge in [0.1, 0.15) is 6.42 Å². The number of rotatable bonds is 6. The summed E-state index contributed by atoms with van der Waals surface area (Å²) in [6.45, 7) is 3.43. The minimum absolute atomic E-state index is 0.0920. The van der Waals surface area contributed by atoms with Crippen molar-refractivity contribution in [3.05, 3.63) is 59.7 Å². The number of anilines is 1. The lowest BCUT2D eigenvalue weighted by molar-refractivity contribution is -0.144. The predicted octanol–water partition coefficient (Wildman–Crippen LogP) is 2.92. The lowest BCUT2D eigenvalue weighted by Crippen LogP contribution is -2.36. The lowest BCUT2D eigenvalue weighted by Gasteiger charge is -2.11. The van der Waals surface area contributed by atoms with E-state index in [2.05, 4.69) is 20.6 Å². The maximum atomic E-state index is 12.5. The number of benzene rings is 2. The first-order chi connectivity index (χ1) is 14.7. The Labute approximate surface area is 177 Å². The number of carboxylic acid groups (broad SMARTS) is 1. The third-order valence-corrected chi connectivity index (χ3v) is 4.38. The van der Waals surface area contributed by atoms with E-state index in [-0.39, 0.29) is 11.3 Å². The number of carbonyl (C=O) groups is 4. The van der Waals surface area contributed by atoms with Gasteiger partial charge in [0.15, 0.2) is 6.04 Å². The number of hydrogen-bond acceptors (Lipinski definition) is 7. The minimum atomic E-state index is -1.09. The molecule has 1 aliphatic heterocycles. The van der Waals surface area contributed by atoms with Gasteiger partial charge in [0.2, 0.25) is 5.91 Å². The zero-order chi connectivity index (χ0) is 22.5. The van der Waals surface area contributed by atoms with Crippen molar-refractivity contribution in [1.29, 1.82) is 0 Å². The standard InChI is InChI=1S/C21H19N5O5/c1-12-3-7-15(8-4-12)22-17(27)11-18(28)26-20(29)19(13(2)25-26)24-23-16-9-5-14(6-10-16)21(30)31/h3-10,19H,11H2,1-2H3,(H,22,27)(H,30,31)/t19-/m1/s1. The van der Waals surface area contributed by atoms with Crippen molar-refractivity contribution in [3.8, 4) is 0 Å². The highest BCUT2D eigenvalue weighted by atomic mass is 16.4. The van der Waals surface area contributed by atoms with Crippen molar-refractivity contribution >= 4 is 40.8 Å². The summed E-state index contributed by atoms with van der Waals surface area (Å²) in [5, 5.41) is 23.9. The highest BCUT2D eigenvalue weighted by Crippen LogP contribution is 2.19. The van der Waals surface area contributed by atoms with Gasteiger partial charge >= 0.3 is 5.97 Å². The number of aryl methyl sites for hydroxylation is 1. The summed E-state index contributed by atoms with van der Waals surface area (Å²) >= 11 is 0. The van der Waals surface area contributed by atoms with Crippen LogP contribution < -0.4 is 5.32 Å². The first-order valence-electron chi connectivity index (χ1n) is 9.27. The van der Waals surface area contributed by atoms with Crippen molar-refractivity contribution < 1.29 is 24.3 Å². The minimum Gasteiger partial charge on any atom is -0.478 e. The molecule has 1 atom stereocenters. The third kappa shape index (κ3) is 5.24. The summed E-state index contributed by atoms with van der Waals surface area (Å²) in [7, 11) is 0. The Morgan fingerprint density at radius 1 is 1.06 bits per heavy atom. The first-order valence-corrected chi connectivity index (χ1v) is 9.27. The fraction of sp³-hybridized carbons (Fsp3) is 0.190. The van der Waals surface area contributed by atoms with Gasteiger partial charge in [-0.25, -0.2) is 4.79 Å². The van der Waals surface area contributed by atoms with Crippen molar-refractivity contribution in [2.45, 2.75) is 26.3 Å². The Hall–Kier alpha value is -4.21. The summed E-state index contributed by atoms with van der Waals surface area (Å²) in [5.74, 6) is -3.13. The van der Waals surface area contributed by atoms with E-state index in [4.69, 9.17) is 5.11 Å². The van der Waals surface area contributed by atoms with Gasteiger partial charge in [-0.15, -0.1) is 0 Å². The van der Waals surface area contributed by atoms with E-state index in [1.165, 1.54) is 31.2 Å². The zero-order valence-electron chi connectivity index (χ0n) is 16.8. The zero-order valence-corrected chi connectivity index (χ0v) is 16.8. The van der Waals surface area contributed by atoms with Crippen LogP contribution in [0.5, 0.6) is 0 Å². The fourth-order valence-corrected chi connectivity index (χ4v) is 2.72. The molecule has 0 saturated heterocycles. The van der Waals surface area contributed by atoms with Crippen LogP contribution in [-0.2, 0) is 14.4 Å². The van der Waals surface area contributed by atoms with Gasteiger partial charge in [0, 0.05) is 5.69 Å². The van der Waals surface area contributed by atoms with E-state index in [9.17, 15) is 19.2 Å².